The van der Waals surface area contributed by atoms with E-state index >= 15 is 0 Å². The Labute approximate surface area is 115 Å². The van der Waals surface area contributed by atoms with Gasteiger partial charge in [-0.2, -0.15) is 0 Å². The molecule has 0 spiro atoms. The molecule has 2 heterocycles. The van der Waals surface area contributed by atoms with Crippen LogP contribution in [0, 0.1) is 6.92 Å². The SMILES string of the molecule is CCC(CC)c1nc2cc(C)cnc2n1C(C)CN. The van der Waals surface area contributed by atoms with E-state index in [4.69, 9.17) is 10.7 Å². The van der Waals surface area contributed by atoms with Crippen LogP contribution in [0.3, 0.4) is 0 Å². The Kier molecular flexibility index (Phi) is 4.20. The number of aromatic nitrogens is 3. The monoisotopic (exact) mass is 260 g/mol. The highest BCUT2D eigenvalue weighted by molar-refractivity contribution is 5.72. The summed E-state index contributed by atoms with van der Waals surface area (Å²) in [5.74, 6) is 1.61. The Bertz CT molecular complexity index is 555. The van der Waals surface area contributed by atoms with Gasteiger partial charge in [0.2, 0.25) is 0 Å². The highest BCUT2D eigenvalue weighted by atomic mass is 15.2. The average molecular weight is 260 g/mol. The number of hydrogen-bond donors (Lipinski definition) is 1. The predicted molar refractivity (Wildman–Crippen MR) is 79.4 cm³/mol. The zero-order valence-corrected chi connectivity index (χ0v) is 12.3. The molecule has 0 aliphatic rings. The Morgan fingerprint density at radius 3 is 2.58 bits per heavy atom. The van der Waals surface area contributed by atoms with Gasteiger partial charge in [-0.3, -0.25) is 0 Å². The topological polar surface area (TPSA) is 56.7 Å². The number of rotatable bonds is 5. The third-order valence-electron chi connectivity index (χ3n) is 3.83. The zero-order valence-electron chi connectivity index (χ0n) is 12.3. The average Bonchev–Trinajstić information content (AvgIpc) is 2.77. The van der Waals surface area contributed by atoms with Gasteiger partial charge in [0.25, 0.3) is 0 Å². The van der Waals surface area contributed by atoms with E-state index in [1.807, 2.05) is 6.20 Å². The normalized spacial score (nSPS) is 13.4. The van der Waals surface area contributed by atoms with Crippen molar-refractivity contribution in [2.24, 2.45) is 5.73 Å². The van der Waals surface area contributed by atoms with Gasteiger partial charge in [-0.1, -0.05) is 13.8 Å². The Balaban J connectivity index is 2.66. The first-order valence-electron chi connectivity index (χ1n) is 7.16. The van der Waals surface area contributed by atoms with Crippen LogP contribution >= 0.6 is 0 Å². The van der Waals surface area contributed by atoms with Gasteiger partial charge in [0, 0.05) is 24.7 Å². The summed E-state index contributed by atoms with van der Waals surface area (Å²) in [4.78, 5) is 9.40. The van der Waals surface area contributed by atoms with Crippen LogP contribution in [0.1, 0.15) is 57.0 Å². The lowest BCUT2D eigenvalue weighted by Crippen LogP contribution is -2.20. The van der Waals surface area contributed by atoms with Crippen LogP contribution in [0.15, 0.2) is 12.3 Å². The molecule has 0 radical (unpaired) electrons. The number of hydrogen-bond acceptors (Lipinski definition) is 3. The van der Waals surface area contributed by atoms with Crippen LogP contribution < -0.4 is 5.73 Å². The molecule has 19 heavy (non-hydrogen) atoms. The molecule has 1 atom stereocenters. The Morgan fingerprint density at radius 1 is 1.32 bits per heavy atom. The van der Waals surface area contributed by atoms with E-state index in [2.05, 4.69) is 43.3 Å². The van der Waals surface area contributed by atoms with Crippen molar-refractivity contribution in [2.75, 3.05) is 6.54 Å². The molecule has 0 aromatic carbocycles. The third-order valence-corrected chi connectivity index (χ3v) is 3.83. The molecular formula is C15H24N4. The maximum absolute atomic E-state index is 5.86. The van der Waals surface area contributed by atoms with Crippen LogP contribution in [0.5, 0.6) is 0 Å². The fourth-order valence-corrected chi connectivity index (χ4v) is 2.58. The van der Waals surface area contributed by atoms with Crippen molar-refractivity contribution in [2.45, 2.75) is 52.5 Å². The van der Waals surface area contributed by atoms with Gasteiger partial charge < -0.3 is 10.3 Å². The van der Waals surface area contributed by atoms with Crippen molar-refractivity contribution in [3.63, 3.8) is 0 Å². The van der Waals surface area contributed by atoms with Crippen LogP contribution in [0.2, 0.25) is 0 Å². The van der Waals surface area contributed by atoms with Gasteiger partial charge in [0.05, 0.1) is 0 Å². The molecule has 0 aliphatic carbocycles. The zero-order chi connectivity index (χ0) is 14.0. The molecule has 104 valence electrons. The Hall–Kier alpha value is -1.42. The van der Waals surface area contributed by atoms with Crippen LogP contribution in [0.25, 0.3) is 11.2 Å². The minimum Gasteiger partial charge on any atom is -0.328 e. The van der Waals surface area contributed by atoms with E-state index in [9.17, 15) is 0 Å². The second-order valence-electron chi connectivity index (χ2n) is 5.29. The molecule has 2 rings (SSSR count). The highest BCUT2D eigenvalue weighted by Gasteiger charge is 2.21. The molecule has 0 saturated carbocycles. The van der Waals surface area contributed by atoms with Gasteiger partial charge in [-0.05, 0) is 38.3 Å². The van der Waals surface area contributed by atoms with Crippen molar-refractivity contribution in [3.8, 4) is 0 Å². The molecule has 0 fully saturated rings. The van der Waals surface area contributed by atoms with Crippen LogP contribution in [-0.2, 0) is 0 Å². The van der Waals surface area contributed by atoms with E-state index in [0.717, 1.165) is 35.4 Å². The lowest BCUT2D eigenvalue weighted by atomic mass is 10.0. The summed E-state index contributed by atoms with van der Waals surface area (Å²) >= 11 is 0. The molecule has 0 amide bonds. The first-order valence-corrected chi connectivity index (χ1v) is 7.16. The number of aryl methyl sites for hydroxylation is 1. The number of imidazole rings is 1. The predicted octanol–water partition coefficient (Wildman–Crippen LogP) is 3.16. The van der Waals surface area contributed by atoms with E-state index in [1.165, 1.54) is 0 Å². The summed E-state index contributed by atoms with van der Waals surface area (Å²) in [5.41, 5.74) is 8.96. The summed E-state index contributed by atoms with van der Waals surface area (Å²) in [5, 5.41) is 0. The first kappa shape index (κ1) is 14.0. The molecule has 2 aromatic rings. The van der Waals surface area contributed by atoms with Crippen molar-refractivity contribution in [1.82, 2.24) is 14.5 Å². The summed E-state index contributed by atoms with van der Waals surface area (Å²) in [7, 11) is 0. The molecule has 2 aromatic heterocycles. The molecule has 4 heteroatoms. The van der Waals surface area contributed by atoms with E-state index in [1.54, 1.807) is 0 Å². The second-order valence-corrected chi connectivity index (χ2v) is 5.29. The fourth-order valence-electron chi connectivity index (χ4n) is 2.58. The van der Waals surface area contributed by atoms with Crippen molar-refractivity contribution in [3.05, 3.63) is 23.7 Å². The lowest BCUT2D eigenvalue weighted by Gasteiger charge is -2.19. The van der Waals surface area contributed by atoms with Gasteiger partial charge >= 0.3 is 0 Å². The molecule has 0 bridgehead atoms. The van der Waals surface area contributed by atoms with Gasteiger partial charge in [0.15, 0.2) is 5.65 Å². The van der Waals surface area contributed by atoms with E-state index in [-0.39, 0.29) is 6.04 Å². The summed E-state index contributed by atoms with van der Waals surface area (Å²) in [6, 6.07) is 2.34. The molecule has 2 N–H and O–H groups in total. The van der Waals surface area contributed by atoms with E-state index < -0.39 is 0 Å². The number of nitrogens with two attached hydrogens (primary N) is 1. The summed E-state index contributed by atoms with van der Waals surface area (Å²) in [6.45, 7) is 9.21. The molecule has 0 saturated heterocycles. The van der Waals surface area contributed by atoms with Gasteiger partial charge in [-0.15, -0.1) is 0 Å². The van der Waals surface area contributed by atoms with Crippen molar-refractivity contribution in [1.29, 1.82) is 0 Å². The summed E-state index contributed by atoms with van der Waals surface area (Å²) < 4.78 is 2.23. The largest absolute Gasteiger partial charge is 0.328 e. The standard InChI is InChI=1S/C15H24N4/c1-5-12(6-2)14-18-13-7-10(3)9-17-15(13)19(14)11(4)8-16/h7,9,11-12H,5-6,8,16H2,1-4H3. The maximum Gasteiger partial charge on any atom is 0.160 e. The third kappa shape index (κ3) is 2.50. The second kappa shape index (κ2) is 5.70. The summed E-state index contributed by atoms with van der Waals surface area (Å²) in [6.07, 6.45) is 4.09. The molecule has 0 aliphatic heterocycles. The quantitative estimate of drug-likeness (QED) is 0.898. The molecule has 1 unspecified atom stereocenters. The highest BCUT2D eigenvalue weighted by Crippen LogP contribution is 2.28. The number of fused-ring (bicyclic) bond motifs is 1. The molecule has 4 nitrogen and oxygen atoms in total. The van der Waals surface area contributed by atoms with Crippen molar-refractivity contribution >= 4 is 11.2 Å². The van der Waals surface area contributed by atoms with E-state index in [0.29, 0.717) is 12.5 Å². The maximum atomic E-state index is 5.86. The Morgan fingerprint density at radius 2 is 2.00 bits per heavy atom. The lowest BCUT2D eigenvalue weighted by molar-refractivity contribution is 0.496. The van der Waals surface area contributed by atoms with Crippen LogP contribution in [-0.4, -0.2) is 21.1 Å². The van der Waals surface area contributed by atoms with Crippen LogP contribution in [0.4, 0.5) is 0 Å². The minimum absolute atomic E-state index is 0.232. The number of nitrogens with zero attached hydrogens (tertiary/aromatic N) is 3. The van der Waals surface area contributed by atoms with Crippen molar-refractivity contribution < 1.29 is 0 Å². The van der Waals surface area contributed by atoms with Gasteiger partial charge in [-0.25, -0.2) is 9.97 Å². The smallest absolute Gasteiger partial charge is 0.160 e. The molecular weight excluding hydrogens is 236 g/mol. The minimum atomic E-state index is 0.232. The van der Waals surface area contributed by atoms with Gasteiger partial charge in [0.1, 0.15) is 11.3 Å². The fraction of sp³-hybridized carbons (Fsp3) is 0.600. The first-order chi connectivity index (χ1) is 9.12. The number of pyridine rings is 1.